The second-order valence-electron chi connectivity index (χ2n) is 6.44. The number of esters is 2. The van der Waals surface area contributed by atoms with Crippen LogP contribution in [0.25, 0.3) is 22.4 Å². The second kappa shape index (κ2) is 8.08. The summed E-state index contributed by atoms with van der Waals surface area (Å²) in [6.45, 7) is 0. The molecule has 0 aliphatic carbocycles. The Kier molecular flexibility index (Phi) is 5.17. The van der Waals surface area contributed by atoms with Gasteiger partial charge in [-0.3, -0.25) is 0 Å². The van der Waals surface area contributed by atoms with Gasteiger partial charge in [0.25, 0.3) is 0 Å². The lowest BCUT2D eigenvalue weighted by atomic mass is 10.1. The van der Waals surface area contributed by atoms with Crippen LogP contribution in [0.4, 0.5) is 5.69 Å². The smallest absolute Gasteiger partial charge is 0.355 e. The average Bonchev–Trinajstić information content (AvgIpc) is 3.10. The molecule has 2 aromatic carbocycles. The maximum absolute atomic E-state index is 12.7. The predicted molar refractivity (Wildman–Crippen MR) is 113 cm³/mol. The molecule has 150 valence electrons. The number of methoxy groups -OCH3 is 2. The number of hydrogen-bond acceptors (Lipinski definition) is 6. The van der Waals surface area contributed by atoms with Crippen LogP contribution in [0.1, 0.15) is 0 Å². The standard InChI is InChI=1S/C23H19N3O4/c1-29-22(27)16-10-7-8-14-26(20(16)23(28)30-2)19-13-6-3-9-15(19)21-24-17-11-4-5-12-18(17)25-21/h3-14H,1-2H3,(H,24,25). The number of imidazole rings is 1. The number of benzene rings is 2. The Balaban J connectivity index is 1.92. The highest BCUT2D eigenvalue weighted by Crippen LogP contribution is 2.34. The molecule has 7 heteroatoms. The number of rotatable bonds is 4. The van der Waals surface area contributed by atoms with Crippen LogP contribution in [0.15, 0.2) is 84.2 Å². The maximum atomic E-state index is 12.7. The summed E-state index contributed by atoms with van der Waals surface area (Å²) in [5.41, 5.74) is 3.28. The molecule has 0 spiro atoms. The first-order valence-electron chi connectivity index (χ1n) is 9.23. The van der Waals surface area contributed by atoms with Crippen LogP contribution >= 0.6 is 0 Å². The molecule has 1 N–H and O–H groups in total. The maximum Gasteiger partial charge on any atom is 0.355 e. The zero-order valence-corrected chi connectivity index (χ0v) is 16.5. The van der Waals surface area contributed by atoms with Gasteiger partial charge < -0.3 is 19.4 Å². The summed E-state index contributed by atoms with van der Waals surface area (Å²) >= 11 is 0. The van der Waals surface area contributed by atoms with E-state index in [1.165, 1.54) is 20.3 Å². The van der Waals surface area contributed by atoms with Gasteiger partial charge >= 0.3 is 11.9 Å². The highest BCUT2D eigenvalue weighted by atomic mass is 16.5. The van der Waals surface area contributed by atoms with Crippen molar-refractivity contribution in [2.24, 2.45) is 0 Å². The van der Waals surface area contributed by atoms with E-state index in [0.29, 0.717) is 11.5 Å². The topological polar surface area (TPSA) is 84.5 Å². The van der Waals surface area contributed by atoms with E-state index in [9.17, 15) is 9.59 Å². The molecular formula is C23H19N3O4. The molecule has 0 amide bonds. The molecular weight excluding hydrogens is 382 g/mol. The third kappa shape index (κ3) is 3.37. The first kappa shape index (κ1) is 19.2. The Hall–Kier alpha value is -4.13. The highest BCUT2D eigenvalue weighted by Gasteiger charge is 2.29. The van der Waals surface area contributed by atoms with Crippen LogP contribution in [-0.4, -0.2) is 36.1 Å². The molecule has 0 unspecified atom stereocenters. The number of aromatic nitrogens is 2. The number of carbonyl (C=O) groups excluding carboxylic acids is 2. The van der Waals surface area contributed by atoms with Gasteiger partial charge in [0.15, 0.2) is 0 Å². The molecule has 0 saturated heterocycles. The van der Waals surface area contributed by atoms with E-state index in [0.717, 1.165) is 16.6 Å². The number of ether oxygens (including phenoxy) is 2. The van der Waals surface area contributed by atoms with Gasteiger partial charge in [-0.05, 0) is 36.4 Å². The van der Waals surface area contributed by atoms with Crippen molar-refractivity contribution in [2.45, 2.75) is 0 Å². The van der Waals surface area contributed by atoms with Crippen molar-refractivity contribution >= 4 is 28.7 Å². The molecule has 7 nitrogen and oxygen atoms in total. The normalized spacial score (nSPS) is 13.5. The summed E-state index contributed by atoms with van der Waals surface area (Å²) in [6.07, 6.45) is 6.62. The lowest BCUT2D eigenvalue weighted by molar-refractivity contribution is -0.139. The van der Waals surface area contributed by atoms with Gasteiger partial charge in [-0.25, -0.2) is 14.6 Å². The van der Waals surface area contributed by atoms with Gasteiger partial charge in [0, 0.05) is 11.8 Å². The lowest BCUT2D eigenvalue weighted by Crippen LogP contribution is -2.27. The number of hydrogen-bond donors (Lipinski definition) is 1. The fraction of sp³-hybridized carbons (Fsp3) is 0.0870. The monoisotopic (exact) mass is 401 g/mol. The van der Waals surface area contributed by atoms with E-state index >= 15 is 0 Å². The van der Waals surface area contributed by atoms with Crippen molar-refractivity contribution in [2.75, 3.05) is 19.1 Å². The van der Waals surface area contributed by atoms with E-state index in [1.54, 1.807) is 23.3 Å². The largest absolute Gasteiger partial charge is 0.465 e. The van der Waals surface area contributed by atoms with E-state index in [-0.39, 0.29) is 11.3 Å². The molecule has 1 aliphatic heterocycles. The first-order valence-corrected chi connectivity index (χ1v) is 9.23. The molecule has 4 rings (SSSR count). The number of aromatic amines is 1. The highest BCUT2D eigenvalue weighted by molar-refractivity contribution is 6.06. The summed E-state index contributed by atoms with van der Waals surface area (Å²) in [5, 5.41) is 0. The Morgan fingerprint density at radius 3 is 2.43 bits per heavy atom. The molecule has 2 heterocycles. The molecule has 0 fully saturated rings. The van der Waals surface area contributed by atoms with Crippen molar-refractivity contribution < 1.29 is 19.1 Å². The minimum atomic E-state index is -0.661. The van der Waals surface area contributed by atoms with Gasteiger partial charge in [0.05, 0.1) is 36.5 Å². The number of carbonyl (C=O) groups is 2. The van der Waals surface area contributed by atoms with Crippen molar-refractivity contribution in [3.63, 3.8) is 0 Å². The zero-order chi connectivity index (χ0) is 21.1. The van der Waals surface area contributed by atoms with Crippen LogP contribution in [0.5, 0.6) is 0 Å². The van der Waals surface area contributed by atoms with E-state index < -0.39 is 11.9 Å². The number of H-pyrrole nitrogens is 1. The zero-order valence-electron chi connectivity index (χ0n) is 16.5. The van der Waals surface area contributed by atoms with E-state index in [4.69, 9.17) is 9.47 Å². The lowest BCUT2D eigenvalue weighted by Gasteiger charge is -2.24. The Labute approximate surface area is 172 Å². The predicted octanol–water partition coefficient (Wildman–Crippen LogP) is 3.72. The second-order valence-corrected chi connectivity index (χ2v) is 6.44. The summed E-state index contributed by atoms with van der Waals surface area (Å²) in [7, 11) is 2.54. The molecule has 0 bridgehead atoms. The van der Waals surface area contributed by atoms with Gasteiger partial charge in [0.1, 0.15) is 11.5 Å². The fourth-order valence-electron chi connectivity index (χ4n) is 3.32. The molecule has 0 saturated carbocycles. The summed E-state index contributed by atoms with van der Waals surface area (Å²) in [6, 6.07) is 15.2. The molecule has 30 heavy (non-hydrogen) atoms. The fourth-order valence-corrected chi connectivity index (χ4v) is 3.32. The summed E-state index contributed by atoms with van der Waals surface area (Å²) < 4.78 is 9.86. The van der Waals surface area contributed by atoms with Crippen molar-refractivity contribution in [1.29, 1.82) is 0 Å². The first-order chi connectivity index (χ1) is 14.6. The van der Waals surface area contributed by atoms with E-state index in [2.05, 4.69) is 9.97 Å². The van der Waals surface area contributed by atoms with Gasteiger partial charge in [-0.2, -0.15) is 0 Å². The average molecular weight is 401 g/mol. The molecule has 0 radical (unpaired) electrons. The summed E-state index contributed by atoms with van der Waals surface area (Å²) in [5.74, 6) is -0.659. The van der Waals surface area contributed by atoms with Gasteiger partial charge in [-0.1, -0.05) is 30.3 Å². The Morgan fingerprint density at radius 2 is 1.67 bits per heavy atom. The number of allylic oxidation sites excluding steroid dienone is 2. The summed E-state index contributed by atoms with van der Waals surface area (Å²) in [4.78, 5) is 34.7. The molecule has 1 aromatic heterocycles. The van der Waals surface area contributed by atoms with Crippen LogP contribution in [0, 0.1) is 0 Å². The quantitative estimate of drug-likeness (QED) is 0.671. The van der Waals surface area contributed by atoms with Crippen molar-refractivity contribution in [1.82, 2.24) is 9.97 Å². The number of nitrogens with zero attached hydrogens (tertiary/aromatic N) is 2. The number of anilines is 1. The van der Waals surface area contributed by atoms with Crippen LogP contribution in [-0.2, 0) is 19.1 Å². The molecule has 1 aliphatic rings. The molecule has 0 atom stereocenters. The van der Waals surface area contributed by atoms with Crippen LogP contribution in [0.2, 0.25) is 0 Å². The minimum Gasteiger partial charge on any atom is -0.465 e. The van der Waals surface area contributed by atoms with Crippen LogP contribution < -0.4 is 4.90 Å². The molecule has 3 aromatic rings. The Bertz CT molecular complexity index is 1190. The van der Waals surface area contributed by atoms with E-state index in [1.807, 2.05) is 48.5 Å². The number of fused-ring (bicyclic) bond motifs is 1. The number of para-hydroxylation sites is 3. The van der Waals surface area contributed by atoms with Crippen molar-refractivity contribution in [3.8, 4) is 11.4 Å². The minimum absolute atomic E-state index is 0.0536. The third-order valence-corrected chi connectivity index (χ3v) is 4.70. The third-order valence-electron chi connectivity index (χ3n) is 4.70. The SMILES string of the molecule is COC(=O)C1=C(C(=O)OC)N(c2ccccc2-c2nc3ccccc3[nH]2)C=CC=C1. The van der Waals surface area contributed by atoms with Gasteiger partial charge in [-0.15, -0.1) is 0 Å². The van der Waals surface area contributed by atoms with Crippen molar-refractivity contribution in [3.05, 3.63) is 84.2 Å². The van der Waals surface area contributed by atoms with Crippen LogP contribution in [0.3, 0.4) is 0 Å². The number of nitrogens with one attached hydrogen (secondary N) is 1. The van der Waals surface area contributed by atoms with Gasteiger partial charge in [0.2, 0.25) is 0 Å². The Morgan fingerprint density at radius 1 is 0.933 bits per heavy atom.